The molecule has 90 valence electrons. The highest BCUT2D eigenvalue weighted by Crippen LogP contribution is 2.21. The lowest BCUT2D eigenvalue weighted by atomic mass is 10.0. The number of hydrogen-bond acceptors (Lipinski definition) is 5. The molecule has 2 heterocycles. The van der Waals surface area contributed by atoms with Gasteiger partial charge in [-0.25, -0.2) is 0 Å². The Balaban J connectivity index is 1.72. The molecule has 1 atom stereocenters. The first-order chi connectivity index (χ1) is 8.25. The van der Waals surface area contributed by atoms with Crippen molar-refractivity contribution in [1.29, 1.82) is 0 Å². The van der Waals surface area contributed by atoms with Gasteiger partial charge in [-0.1, -0.05) is 12.1 Å². The first-order valence-corrected chi connectivity index (χ1v) is 5.65. The molecular weight excluding hydrogens is 220 g/mol. The second-order valence-corrected chi connectivity index (χ2v) is 4.37. The molecule has 1 aromatic carbocycles. The van der Waals surface area contributed by atoms with Crippen molar-refractivity contribution in [3.63, 3.8) is 0 Å². The van der Waals surface area contributed by atoms with Crippen LogP contribution in [0.1, 0.15) is 6.42 Å². The fraction of sp³-hybridized carbons (Fsp3) is 0.417. The number of hydrogen-bond donors (Lipinski definition) is 2. The van der Waals surface area contributed by atoms with E-state index in [0.717, 1.165) is 11.1 Å². The van der Waals surface area contributed by atoms with Gasteiger partial charge in [0.05, 0.1) is 13.2 Å². The summed E-state index contributed by atoms with van der Waals surface area (Å²) in [5, 5.41) is 13.1. The zero-order chi connectivity index (χ0) is 11.7. The number of oxazole rings is 1. The Kier molecular flexibility index (Phi) is 2.49. The molecule has 1 aromatic heterocycles. The van der Waals surface area contributed by atoms with E-state index in [9.17, 15) is 5.11 Å². The molecule has 2 aromatic rings. The number of aromatic nitrogens is 1. The summed E-state index contributed by atoms with van der Waals surface area (Å²) in [4.78, 5) is 4.28. The molecule has 2 N–H and O–H groups in total. The Morgan fingerprint density at radius 3 is 3.06 bits per heavy atom. The molecule has 0 aliphatic carbocycles. The van der Waals surface area contributed by atoms with Gasteiger partial charge in [0.2, 0.25) is 0 Å². The standard InChI is InChI=1S/C12H14N2O3/c15-12(5-6-16-8-12)7-13-11-14-9-3-1-2-4-10(9)17-11/h1-4,15H,5-8H2,(H,13,14). The molecule has 0 saturated carbocycles. The van der Waals surface area contributed by atoms with Crippen molar-refractivity contribution in [3.8, 4) is 0 Å². The van der Waals surface area contributed by atoms with E-state index in [1.807, 2.05) is 24.3 Å². The van der Waals surface area contributed by atoms with Gasteiger partial charge >= 0.3 is 0 Å². The molecular formula is C12H14N2O3. The monoisotopic (exact) mass is 234 g/mol. The minimum Gasteiger partial charge on any atom is -0.424 e. The van der Waals surface area contributed by atoms with Gasteiger partial charge in [0.1, 0.15) is 11.1 Å². The average molecular weight is 234 g/mol. The Morgan fingerprint density at radius 2 is 2.29 bits per heavy atom. The third-order valence-corrected chi connectivity index (χ3v) is 2.95. The van der Waals surface area contributed by atoms with Gasteiger partial charge in [-0.15, -0.1) is 0 Å². The van der Waals surface area contributed by atoms with E-state index >= 15 is 0 Å². The summed E-state index contributed by atoms with van der Waals surface area (Å²) in [7, 11) is 0. The lowest BCUT2D eigenvalue weighted by Gasteiger charge is -2.19. The van der Waals surface area contributed by atoms with Crippen LogP contribution in [0, 0.1) is 0 Å². The lowest BCUT2D eigenvalue weighted by molar-refractivity contribution is 0.0378. The Hall–Kier alpha value is -1.59. The number of rotatable bonds is 3. The predicted molar refractivity (Wildman–Crippen MR) is 62.9 cm³/mol. The molecule has 0 spiro atoms. The number of anilines is 1. The second-order valence-electron chi connectivity index (χ2n) is 4.37. The number of nitrogens with zero attached hydrogens (tertiary/aromatic N) is 1. The van der Waals surface area contributed by atoms with Crippen LogP contribution in [-0.4, -0.2) is 35.5 Å². The highest BCUT2D eigenvalue weighted by Gasteiger charge is 2.32. The maximum atomic E-state index is 10.1. The van der Waals surface area contributed by atoms with Gasteiger partial charge < -0.3 is 19.6 Å². The molecule has 0 bridgehead atoms. The average Bonchev–Trinajstić information content (AvgIpc) is 2.93. The van der Waals surface area contributed by atoms with Crippen molar-refractivity contribution >= 4 is 17.1 Å². The number of para-hydroxylation sites is 2. The summed E-state index contributed by atoms with van der Waals surface area (Å²) in [5.41, 5.74) is 0.745. The predicted octanol–water partition coefficient (Wildman–Crippen LogP) is 1.39. The van der Waals surface area contributed by atoms with Gasteiger partial charge in [0.25, 0.3) is 6.01 Å². The zero-order valence-corrected chi connectivity index (χ0v) is 9.35. The van der Waals surface area contributed by atoms with Gasteiger partial charge in [-0.2, -0.15) is 4.98 Å². The Bertz CT molecular complexity index is 484. The van der Waals surface area contributed by atoms with Crippen LogP contribution in [0.3, 0.4) is 0 Å². The summed E-state index contributed by atoms with van der Waals surface area (Å²) in [6.07, 6.45) is 0.639. The maximum absolute atomic E-state index is 10.1. The van der Waals surface area contributed by atoms with Crippen molar-refractivity contribution in [2.75, 3.05) is 25.1 Å². The van der Waals surface area contributed by atoms with Crippen LogP contribution in [0.15, 0.2) is 28.7 Å². The number of aliphatic hydroxyl groups is 1. The van der Waals surface area contributed by atoms with E-state index in [4.69, 9.17) is 9.15 Å². The van der Waals surface area contributed by atoms with Gasteiger partial charge in [-0.3, -0.25) is 0 Å². The first kappa shape index (κ1) is 10.6. The number of ether oxygens (including phenoxy) is 1. The minimum atomic E-state index is -0.805. The quantitative estimate of drug-likeness (QED) is 0.840. The first-order valence-electron chi connectivity index (χ1n) is 5.65. The molecule has 1 aliphatic heterocycles. The number of benzene rings is 1. The Morgan fingerprint density at radius 1 is 1.41 bits per heavy atom. The SMILES string of the molecule is OC1(CNc2nc3ccccc3o2)CCOC1. The third kappa shape index (κ3) is 2.11. The van der Waals surface area contributed by atoms with Gasteiger partial charge in [0.15, 0.2) is 5.58 Å². The zero-order valence-electron chi connectivity index (χ0n) is 9.35. The lowest BCUT2D eigenvalue weighted by Crippen LogP contribution is -2.37. The van der Waals surface area contributed by atoms with Gasteiger partial charge in [0, 0.05) is 13.0 Å². The largest absolute Gasteiger partial charge is 0.424 e. The van der Waals surface area contributed by atoms with Crippen LogP contribution >= 0.6 is 0 Å². The molecule has 17 heavy (non-hydrogen) atoms. The second kappa shape index (κ2) is 4.01. The molecule has 1 aliphatic rings. The van der Waals surface area contributed by atoms with E-state index in [2.05, 4.69) is 10.3 Å². The molecule has 0 radical (unpaired) electrons. The van der Waals surface area contributed by atoms with E-state index in [1.165, 1.54) is 0 Å². The Labute approximate surface area is 98.4 Å². The highest BCUT2D eigenvalue weighted by atomic mass is 16.5. The number of fused-ring (bicyclic) bond motifs is 1. The normalized spacial score (nSPS) is 24.3. The minimum absolute atomic E-state index is 0.361. The van der Waals surface area contributed by atoms with Crippen LogP contribution in [0.4, 0.5) is 6.01 Å². The molecule has 0 amide bonds. The van der Waals surface area contributed by atoms with Crippen molar-refractivity contribution < 1.29 is 14.3 Å². The van der Waals surface area contributed by atoms with E-state index in [1.54, 1.807) is 0 Å². The molecule has 3 rings (SSSR count). The van der Waals surface area contributed by atoms with E-state index in [-0.39, 0.29) is 0 Å². The summed E-state index contributed by atoms with van der Waals surface area (Å²) < 4.78 is 10.7. The van der Waals surface area contributed by atoms with Gasteiger partial charge in [-0.05, 0) is 12.1 Å². The van der Waals surface area contributed by atoms with Crippen LogP contribution in [0.5, 0.6) is 0 Å². The van der Waals surface area contributed by atoms with Crippen molar-refractivity contribution in [3.05, 3.63) is 24.3 Å². The highest BCUT2D eigenvalue weighted by molar-refractivity contribution is 5.74. The van der Waals surface area contributed by atoms with Crippen LogP contribution in [0.25, 0.3) is 11.1 Å². The van der Waals surface area contributed by atoms with E-state index in [0.29, 0.717) is 32.2 Å². The van der Waals surface area contributed by atoms with Crippen LogP contribution in [-0.2, 0) is 4.74 Å². The molecule has 1 fully saturated rings. The topological polar surface area (TPSA) is 67.5 Å². The van der Waals surface area contributed by atoms with E-state index < -0.39 is 5.60 Å². The molecule has 1 unspecified atom stereocenters. The third-order valence-electron chi connectivity index (χ3n) is 2.95. The fourth-order valence-corrected chi connectivity index (χ4v) is 1.92. The van der Waals surface area contributed by atoms with Crippen molar-refractivity contribution in [2.24, 2.45) is 0 Å². The number of nitrogens with one attached hydrogen (secondary N) is 1. The summed E-state index contributed by atoms with van der Waals surface area (Å²) >= 11 is 0. The van der Waals surface area contributed by atoms with Crippen LogP contribution < -0.4 is 5.32 Å². The molecule has 1 saturated heterocycles. The fourth-order valence-electron chi connectivity index (χ4n) is 1.92. The molecule has 5 nitrogen and oxygen atoms in total. The van der Waals surface area contributed by atoms with Crippen molar-refractivity contribution in [2.45, 2.75) is 12.0 Å². The van der Waals surface area contributed by atoms with Crippen molar-refractivity contribution in [1.82, 2.24) is 4.98 Å². The van der Waals surface area contributed by atoms with Crippen LogP contribution in [0.2, 0.25) is 0 Å². The summed E-state index contributed by atoms with van der Waals surface area (Å²) in [6, 6.07) is 7.99. The smallest absolute Gasteiger partial charge is 0.295 e. The summed E-state index contributed by atoms with van der Waals surface area (Å²) in [5.74, 6) is 0. The summed E-state index contributed by atoms with van der Waals surface area (Å²) in [6.45, 7) is 1.35. The molecule has 5 heteroatoms. The maximum Gasteiger partial charge on any atom is 0.295 e.